The van der Waals surface area contributed by atoms with Crippen molar-refractivity contribution in [3.63, 3.8) is 0 Å². The highest BCUT2D eigenvalue weighted by Gasteiger charge is 2.34. The predicted octanol–water partition coefficient (Wildman–Crippen LogP) is 4.42. The number of halogens is 4. The lowest BCUT2D eigenvalue weighted by Crippen LogP contribution is -2.36. The number of hydrogen-bond acceptors (Lipinski definition) is 3. The third-order valence-electron chi connectivity index (χ3n) is 3.82. The first-order valence-corrected chi connectivity index (χ1v) is 8.53. The fourth-order valence-electron chi connectivity index (χ4n) is 2.69. The Morgan fingerprint density at radius 1 is 1.33 bits per heavy atom. The molecule has 1 N–H and O–H groups in total. The van der Waals surface area contributed by atoms with Crippen molar-refractivity contribution in [1.82, 2.24) is 4.90 Å². The molecule has 0 atom stereocenters. The van der Waals surface area contributed by atoms with Gasteiger partial charge in [-0.3, -0.25) is 9.69 Å². The fourth-order valence-corrected chi connectivity index (χ4v) is 3.76. The molecule has 3 nitrogen and oxygen atoms in total. The molecule has 1 amide bonds. The summed E-state index contributed by atoms with van der Waals surface area (Å²) in [7, 11) is 0. The number of hydrogen-bond donors (Lipinski definition) is 1. The molecule has 2 heterocycles. The Morgan fingerprint density at radius 3 is 2.88 bits per heavy atom. The Hall–Kier alpha value is -1.57. The van der Waals surface area contributed by atoms with Gasteiger partial charge in [-0.25, -0.2) is 0 Å². The van der Waals surface area contributed by atoms with Crippen LogP contribution in [0.3, 0.4) is 0 Å². The molecule has 1 aliphatic heterocycles. The maximum atomic E-state index is 13.0. The second-order valence-electron chi connectivity index (χ2n) is 5.57. The minimum absolute atomic E-state index is 0.0265. The topological polar surface area (TPSA) is 32.3 Å². The van der Waals surface area contributed by atoms with Crippen molar-refractivity contribution in [3.8, 4) is 0 Å². The van der Waals surface area contributed by atoms with E-state index in [9.17, 15) is 18.0 Å². The van der Waals surface area contributed by atoms with Crippen LogP contribution in [0.25, 0.3) is 0 Å². The van der Waals surface area contributed by atoms with Crippen LogP contribution in [0, 0.1) is 0 Å². The minimum atomic E-state index is -4.58. The monoisotopic (exact) mass is 374 g/mol. The molecule has 8 heteroatoms. The number of nitrogens with zero attached hydrogens (tertiary/aromatic N) is 1. The van der Waals surface area contributed by atoms with Gasteiger partial charge in [0.1, 0.15) is 0 Å². The van der Waals surface area contributed by atoms with E-state index in [2.05, 4.69) is 5.32 Å². The predicted molar refractivity (Wildman–Crippen MR) is 88.4 cm³/mol. The van der Waals surface area contributed by atoms with Gasteiger partial charge >= 0.3 is 6.18 Å². The van der Waals surface area contributed by atoms with Crippen molar-refractivity contribution in [2.45, 2.75) is 19.1 Å². The standard InChI is InChI=1S/C16H14ClF3N2OS/c17-11-1-2-13(12(7-11)16(18,19)20)21-15(23)9-22-5-3-14-10(8-22)4-6-24-14/h1-2,4,6-7H,3,5,8-9H2,(H,21,23). The Balaban J connectivity index is 1.68. The molecule has 0 saturated carbocycles. The van der Waals surface area contributed by atoms with Gasteiger partial charge in [0.25, 0.3) is 0 Å². The van der Waals surface area contributed by atoms with Crippen molar-refractivity contribution in [2.24, 2.45) is 0 Å². The number of carbonyl (C=O) groups excluding carboxylic acids is 1. The summed E-state index contributed by atoms with van der Waals surface area (Å²) >= 11 is 7.32. The van der Waals surface area contributed by atoms with Gasteiger partial charge in [0.2, 0.25) is 5.91 Å². The van der Waals surface area contributed by atoms with Crippen LogP contribution in [0.2, 0.25) is 5.02 Å². The number of thiophene rings is 1. The number of carbonyl (C=O) groups is 1. The highest BCUT2D eigenvalue weighted by molar-refractivity contribution is 7.10. The molecule has 0 unspecified atom stereocenters. The van der Waals surface area contributed by atoms with E-state index in [0.29, 0.717) is 13.1 Å². The van der Waals surface area contributed by atoms with E-state index in [1.807, 2.05) is 16.3 Å². The maximum absolute atomic E-state index is 13.0. The summed E-state index contributed by atoms with van der Waals surface area (Å²) in [4.78, 5) is 15.4. The summed E-state index contributed by atoms with van der Waals surface area (Å²) in [5, 5.41) is 4.34. The highest BCUT2D eigenvalue weighted by Crippen LogP contribution is 2.36. The van der Waals surface area contributed by atoms with E-state index in [0.717, 1.165) is 12.5 Å². The Kier molecular flexibility index (Phi) is 4.85. The molecule has 1 aromatic carbocycles. The van der Waals surface area contributed by atoms with Gasteiger partial charge in [0.05, 0.1) is 17.8 Å². The lowest BCUT2D eigenvalue weighted by Gasteiger charge is -2.26. The number of anilines is 1. The number of amides is 1. The molecule has 0 spiro atoms. The summed E-state index contributed by atoms with van der Waals surface area (Å²) in [6, 6.07) is 5.34. The smallest absolute Gasteiger partial charge is 0.324 e. The second-order valence-corrected chi connectivity index (χ2v) is 7.00. The van der Waals surface area contributed by atoms with Crippen molar-refractivity contribution in [1.29, 1.82) is 0 Å². The van der Waals surface area contributed by atoms with Crippen LogP contribution in [-0.2, 0) is 23.9 Å². The Bertz CT molecular complexity index is 760. The molecule has 24 heavy (non-hydrogen) atoms. The number of nitrogens with one attached hydrogen (secondary N) is 1. The average molecular weight is 375 g/mol. The first kappa shape index (κ1) is 17.3. The number of fused-ring (bicyclic) bond motifs is 1. The first-order valence-electron chi connectivity index (χ1n) is 7.27. The summed E-state index contributed by atoms with van der Waals surface area (Å²) < 4.78 is 39.1. The van der Waals surface area contributed by atoms with Crippen LogP contribution >= 0.6 is 22.9 Å². The molecule has 0 fully saturated rings. The van der Waals surface area contributed by atoms with Crippen LogP contribution in [0.15, 0.2) is 29.6 Å². The Labute approximate surface area is 146 Å². The lowest BCUT2D eigenvalue weighted by molar-refractivity contribution is -0.137. The average Bonchev–Trinajstić information content (AvgIpc) is 2.95. The van der Waals surface area contributed by atoms with Gasteiger partial charge in [-0.15, -0.1) is 11.3 Å². The molecular formula is C16H14ClF3N2OS. The second kappa shape index (κ2) is 6.74. The zero-order valence-corrected chi connectivity index (χ0v) is 14.1. The molecule has 1 aromatic heterocycles. The number of rotatable bonds is 3. The third kappa shape index (κ3) is 3.91. The molecule has 3 rings (SSSR count). The van der Waals surface area contributed by atoms with Crippen molar-refractivity contribution >= 4 is 34.5 Å². The zero-order chi connectivity index (χ0) is 17.3. The van der Waals surface area contributed by atoms with Crippen LogP contribution in [-0.4, -0.2) is 23.9 Å². The van der Waals surface area contributed by atoms with Crippen LogP contribution in [0.5, 0.6) is 0 Å². The summed E-state index contributed by atoms with van der Waals surface area (Å²) in [5.74, 6) is -0.471. The van der Waals surface area contributed by atoms with E-state index in [-0.39, 0.29) is 17.3 Å². The SMILES string of the molecule is O=C(CN1CCc2sccc2C1)Nc1ccc(Cl)cc1C(F)(F)F. The molecule has 2 aromatic rings. The van der Waals surface area contributed by atoms with Gasteiger partial charge in [-0.2, -0.15) is 13.2 Å². The number of benzene rings is 1. The molecule has 1 aliphatic rings. The van der Waals surface area contributed by atoms with Crippen LogP contribution in [0.1, 0.15) is 16.0 Å². The van der Waals surface area contributed by atoms with Crippen molar-refractivity contribution in [3.05, 3.63) is 50.7 Å². The fraction of sp³-hybridized carbons (Fsp3) is 0.312. The molecule has 0 aliphatic carbocycles. The van der Waals surface area contributed by atoms with Crippen LogP contribution in [0.4, 0.5) is 18.9 Å². The van der Waals surface area contributed by atoms with Gasteiger partial charge in [-0.1, -0.05) is 11.6 Å². The summed E-state index contributed by atoms with van der Waals surface area (Å²) in [5.41, 5.74) is -0.0335. The quantitative estimate of drug-likeness (QED) is 0.862. The normalized spacial score (nSPS) is 15.2. The van der Waals surface area contributed by atoms with E-state index in [1.54, 1.807) is 11.3 Å². The summed E-state index contributed by atoms with van der Waals surface area (Å²) in [6.07, 6.45) is -3.72. The van der Waals surface area contributed by atoms with Crippen molar-refractivity contribution in [2.75, 3.05) is 18.4 Å². The maximum Gasteiger partial charge on any atom is 0.418 e. The molecule has 0 bridgehead atoms. The van der Waals surface area contributed by atoms with Gasteiger partial charge < -0.3 is 5.32 Å². The van der Waals surface area contributed by atoms with Gasteiger partial charge in [0, 0.05) is 23.0 Å². The van der Waals surface area contributed by atoms with Gasteiger partial charge in [0.15, 0.2) is 0 Å². The first-order chi connectivity index (χ1) is 11.3. The van der Waals surface area contributed by atoms with E-state index < -0.39 is 17.6 Å². The zero-order valence-electron chi connectivity index (χ0n) is 12.5. The van der Waals surface area contributed by atoms with Crippen molar-refractivity contribution < 1.29 is 18.0 Å². The summed E-state index contributed by atoms with van der Waals surface area (Å²) in [6.45, 7) is 1.40. The number of alkyl halides is 3. The van der Waals surface area contributed by atoms with Crippen LogP contribution < -0.4 is 5.32 Å². The molecule has 128 valence electrons. The Morgan fingerprint density at radius 2 is 2.12 bits per heavy atom. The van der Waals surface area contributed by atoms with Gasteiger partial charge in [-0.05, 0) is 41.6 Å². The third-order valence-corrected chi connectivity index (χ3v) is 5.07. The van der Waals surface area contributed by atoms with E-state index in [4.69, 9.17) is 11.6 Å². The van der Waals surface area contributed by atoms with E-state index in [1.165, 1.54) is 22.6 Å². The molecular weight excluding hydrogens is 361 g/mol. The van der Waals surface area contributed by atoms with E-state index >= 15 is 0 Å². The molecule has 0 radical (unpaired) electrons. The molecule has 0 saturated heterocycles. The largest absolute Gasteiger partial charge is 0.418 e. The highest BCUT2D eigenvalue weighted by atomic mass is 35.5. The minimum Gasteiger partial charge on any atom is -0.324 e. The lowest BCUT2D eigenvalue weighted by atomic mass is 10.1.